The molecule has 0 saturated heterocycles. The van der Waals surface area contributed by atoms with E-state index in [2.05, 4.69) is 15.3 Å². The molecule has 1 aromatic carbocycles. The Bertz CT molecular complexity index is 622. The number of ether oxygens (including phenoxy) is 1. The molecular weight excluding hydrogens is 293 g/mol. The van der Waals surface area contributed by atoms with Gasteiger partial charge in [-0.25, -0.2) is 14.4 Å². The molecule has 1 N–H and O–H groups in total. The zero-order chi connectivity index (χ0) is 15.2. The summed E-state index contributed by atoms with van der Waals surface area (Å²) >= 11 is 5.83. The van der Waals surface area contributed by atoms with Gasteiger partial charge in [-0.05, 0) is 32.0 Å². The van der Waals surface area contributed by atoms with Gasteiger partial charge in [0.05, 0.1) is 10.7 Å². The number of hydrogen-bond donors (Lipinski definition) is 1. The Labute approximate surface area is 128 Å². The molecule has 2 aromatic rings. The molecular formula is C15H17ClFN3O. The highest BCUT2D eigenvalue weighted by molar-refractivity contribution is 6.31. The number of nitrogens with zero attached hydrogens (tertiary/aromatic N) is 2. The van der Waals surface area contributed by atoms with Crippen molar-refractivity contribution in [3.63, 3.8) is 0 Å². The standard InChI is InChI=1S/C15H17ClFN3O/c1-3-18-14-8-13(19-15(20-14)9-21-4-2)10-5-6-12(17)11(16)7-10/h5-8H,3-4,9H2,1-2H3,(H,18,19,20). The molecule has 0 aliphatic rings. The van der Waals surface area contributed by atoms with E-state index in [9.17, 15) is 4.39 Å². The van der Waals surface area contributed by atoms with Crippen LogP contribution in [0.1, 0.15) is 19.7 Å². The molecule has 21 heavy (non-hydrogen) atoms. The molecule has 0 saturated carbocycles. The third kappa shape index (κ3) is 4.12. The maximum Gasteiger partial charge on any atom is 0.157 e. The van der Waals surface area contributed by atoms with Crippen molar-refractivity contribution in [3.05, 3.63) is 40.9 Å². The van der Waals surface area contributed by atoms with Gasteiger partial charge in [-0.1, -0.05) is 11.6 Å². The maximum absolute atomic E-state index is 13.3. The summed E-state index contributed by atoms with van der Waals surface area (Å²) in [6, 6.07) is 6.33. The predicted octanol–water partition coefficient (Wildman–Crippen LogP) is 3.90. The second-order valence-corrected chi connectivity index (χ2v) is 4.76. The van der Waals surface area contributed by atoms with Gasteiger partial charge in [0.15, 0.2) is 5.82 Å². The molecule has 0 fully saturated rings. The van der Waals surface area contributed by atoms with Crippen molar-refractivity contribution in [1.29, 1.82) is 0 Å². The Kier molecular flexibility index (Phi) is 5.47. The van der Waals surface area contributed by atoms with Crippen molar-refractivity contribution in [2.75, 3.05) is 18.5 Å². The molecule has 2 rings (SSSR count). The summed E-state index contributed by atoms with van der Waals surface area (Å²) in [7, 11) is 0. The van der Waals surface area contributed by atoms with Gasteiger partial charge in [-0.2, -0.15) is 0 Å². The van der Waals surface area contributed by atoms with Crippen LogP contribution in [0.4, 0.5) is 10.2 Å². The Morgan fingerprint density at radius 2 is 2.05 bits per heavy atom. The van der Waals surface area contributed by atoms with Crippen LogP contribution in [0.3, 0.4) is 0 Å². The number of nitrogens with one attached hydrogen (secondary N) is 1. The van der Waals surface area contributed by atoms with Gasteiger partial charge >= 0.3 is 0 Å². The first-order chi connectivity index (χ1) is 10.1. The van der Waals surface area contributed by atoms with Crippen LogP contribution in [0, 0.1) is 5.82 Å². The molecule has 0 amide bonds. The van der Waals surface area contributed by atoms with Crippen LogP contribution >= 0.6 is 11.6 Å². The zero-order valence-corrected chi connectivity index (χ0v) is 12.7. The van der Waals surface area contributed by atoms with Crippen LogP contribution in [0.15, 0.2) is 24.3 Å². The summed E-state index contributed by atoms with van der Waals surface area (Å²) in [5.41, 5.74) is 1.42. The van der Waals surface area contributed by atoms with Crippen LogP contribution in [-0.4, -0.2) is 23.1 Å². The SMILES string of the molecule is CCNc1cc(-c2ccc(F)c(Cl)c2)nc(COCC)n1. The molecule has 112 valence electrons. The van der Waals surface area contributed by atoms with E-state index in [1.54, 1.807) is 12.1 Å². The summed E-state index contributed by atoms with van der Waals surface area (Å²) in [5, 5.41) is 3.22. The Morgan fingerprint density at radius 3 is 2.71 bits per heavy atom. The molecule has 0 atom stereocenters. The van der Waals surface area contributed by atoms with E-state index < -0.39 is 5.82 Å². The van der Waals surface area contributed by atoms with Gasteiger partial charge in [-0.15, -0.1) is 0 Å². The first kappa shape index (κ1) is 15.7. The lowest BCUT2D eigenvalue weighted by molar-refractivity contribution is 0.128. The van der Waals surface area contributed by atoms with E-state index in [-0.39, 0.29) is 5.02 Å². The van der Waals surface area contributed by atoms with E-state index >= 15 is 0 Å². The van der Waals surface area contributed by atoms with Crippen molar-refractivity contribution in [2.24, 2.45) is 0 Å². The Hall–Kier alpha value is -1.72. The van der Waals surface area contributed by atoms with Crippen molar-refractivity contribution in [3.8, 4) is 11.3 Å². The van der Waals surface area contributed by atoms with Crippen molar-refractivity contribution < 1.29 is 9.13 Å². The van der Waals surface area contributed by atoms with Crippen LogP contribution in [0.25, 0.3) is 11.3 Å². The predicted molar refractivity (Wildman–Crippen MR) is 81.9 cm³/mol. The summed E-state index contributed by atoms with van der Waals surface area (Å²) in [5.74, 6) is 0.833. The van der Waals surface area contributed by atoms with E-state index in [1.165, 1.54) is 6.07 Å². The van der Waals surface area contributed by atoms with Gasteiger partial charge in [0.25, 0.3) is 0 Å². The fraction of sp³-hybridized carbons (Fsp3) is 0.333. The zero-order valence-electron chi connectivity index (χ0n) is 12.0. The topological polar surface area (TPSA) is 47.0 Å². The highest BCUT2D eigenvalue weighted by Gasteiger charge is 2.09. The monoisotopic (exact) mass is 309 g/mol. The lowest BCUT2D eigenvalue weighted by atomic mass is 10.1. The van der Waals surface area contributed by atoms with Crippen molar-refractivity contribution >= 4 is 17.4 Å². The molecule has 0 aliphatic heterocycles. The minimum atomic E-state index is -0.448. The third-order valence-corrected chi connectivity index (χ3v) is 3.07. The number of hydrogen-bond acceptors (Lipinski definition) is 4. The lowest BCUT2D eigenvalue weighted by Crippen LogP contribution is -2.06. The molecule has 6 heteroatoms. The minimum absolute atomic E-state index is 0.0717. The number of halogens is 2. The molecule has 0 aliphatic carbocycles. The normalized spacial score (nSPS) is 10.7. The van der Waals surface area contributed by atoms with Crippen LogP contribution < -0.4 is 5.32 Å². The quantitative estimate of drug-likeness (QED) is 0.879. The average Bonchev–Trinajstić information content (AvgIpc) is 2.48. The highest BCUT2D eigenvalue weighted by Crippen LogP contribution is 2.25. The fourth-order valence-corrected chi connectivity index (χ4v) is 2.01. The summed E-state index contributed by atoms with van der Waals surface area (Å²) in [6.45, 7) is 5.56. The van der Waals surface area contributed by atoms with E-state index in [1.807, 2.05) is 19.9 Å². The van der Waals surface area contributed by atoms with Gasteiger partial charge in [0.2, 0.25) is 0 Å². The lowest BCUT2D eigenvalue weighted by Gasteiger charge is -2.09. The minimum Gasteiger partial charge on any atom is -0.374 e. The highest BCUT2D eigenvalue weighted by atomic mass is 35.5. The first-order valence-corrected chi connectivity index (χ1v) is 7.16. The van der Waals surface area contributed by atoms with Gasteiger partial charge < -0.3 is 10.1 Å². The Balaban J connectivity index is 2.40. The van der Waals surface area contributed by atoms with Crippen LogP contribution in [0.5, 0.6) is 0 Å². The molecule has 1 heterocycles. The molecule has 4 nitrogen and oxygen atoms in total. The van der Waals surface area contributed by atoms with Crippen LogP contribution in [-0.2, 0) is 11.3 Å². The smallest absolute Gasteiger partial charge is 0.157 e. The molecule has 0 bridgehead atoms. The van der Waals surface area contributed by atoms with Gasteiger partial charge in [-0.3, -0.25) is 0 Å². The van der Waals surface area contributed by atoms with Crippen molar-refractivity contribution in [1.82, 2.24) is 9.97 Å². The molecule has 0 spiro atoms. The number of aromatic nitrogens is 2. The molecule has 1 aromatic heterocycles. The number of benzene rings is 1. The fourth-order valence-electron chi connectivity index (χ4n) is 1.83. The van der Waals surface area contributed by atoms with E-state index in [0.29, 0.717) is 30.5 Å². The summed E-state index contributed by atoms with van der Waals surface area (Å²) in [6.07, 6.45) is 0. The molecule has 0 radical (unpaired) electrons. The summed E-state index contributed by atoms with van der Waals surface area (Å²) in [4.78, 5) is 8.81. The van der Waals surface area contributed by atoms with Gasteiger partial charge in [0.1, 0.15) is 18.2 Å². The van der Waals surface area contributed by atoms with Crippen LogP contribution in [0.2, 0.25) is 5.02 Å². The molecule has 0 unspecified atom stereocenters. The van der Waals surface area contributed by atoms with Gasteiger partial charge in [0, 0.05) is 24.8 Å². The number of rotatable bonds is 6. The van der Waals surface area contributed by atoms with Crippen molar-refractivity contribution in [2.45, 2.75) is 20.5 Å². The largest absolute Gasteiger partial charge is 0.374 e. The third-order valence-electron chi connectivity index (χ3n) is 2.78. The average molecular weight is 310 g/mol. The summed E-state index contributed by atoms with van der Waals surface area (Å²) < 4.78 is 18.6. The Morgan fingerprint density at radius 1 is 1.24 bits per heavy atom. The maximum atomic E-state index is 13.3. The second kappa shape index (κ2) is 7.33. The second-order valence-electron chi connectivity index (χ2n) is 4.35. The first-order valence-electron chi connectivity index (χ1n) is 6.79. The van der Waals surface area contributed by atoms with E-state index in [4.69, 9.17) is 16.3 Å². The number of anilines is 1. The van der Waals surface area contributed by atoms with E-state index in [0.717, 1.165) is 12.1 Å².